The number of piperidine rings is 1. The fourth-order valence-corrected chi connectivity index (χ4v) is 5.58. The first-order valence-electron chi connectivity index (χ1n) is 11.0. The van der Waals surface area contributed by atoms with Gasteiger partial charge in [-0.25, -0.2) is 0 Å². The molecule has 1 fully saturated rings. The van der Waals surface area contributed by atoms with Crippen molar-refractivity contribution in [1.29, 1.82) is 0 Å². The molecular formula is C27H27Cl2NO. The third-order valence-corrected chi connectivity index (χ3v) is 7.20. The molecule has 1 saturated heterocycles. The molecule has 2 aliphatic rings. The van der Waals surface area contributed by atoms with E-state index in [2.05, 4.69) is 60.4 Å². The third kappa shape index (κ3) is 4.27. The highest BCUT2D eigenvalue weighted by atomic mass is 35.5. The van der Waals surface area contributed by atoms with Crippen molar-refractivity contribution in [2.45, 2.75) is 37.9 Å². The van der Waals surface area contributed by atoms with Crippen LogP contribution in [0, 0.1) is 6.92 Å². The van der Waals surface area contributed by atoms with E-state index in [0.717, 1.165) is 44.5 Å². The van der Waals surface area contributed by atoms with Crippen LogP contribution in [0.3, 0.4) is 0 Å². The molecule has 4 heteroatoms. The Kier molecular flexibility index (Phi) is 5.83. The van der Waals surface area contributed by atoms with Crippen molar-refractivity contribution < 1.29 is 4.74 Å². The van der Waals surface area contributed by atoms with Crippen molar-refractivity contribution in [3.63, 3.8) is 0 Å². The number of hydrogen-bond acceptors (Lipinski definition) is 2. The molecule has 0 saturated carbocycles. The molecule has 1 atom stereocenters. The quantitative estimate of drug-likeness (QED) is 0.425. The summed E-state index contributed by atoms with van der Waals surface area (Å²) >= 11 is 12.6. The lowest BCUT2D eigenvalue weighted by atomic mass is 9.83. The van der Waals surface area contributed by atoms with Crippen molar-refractivity contribution in [2.24, 2.45) is 0 Å². The zero-order valence-electron chi connectivity index (χ0n) is 17.8. The van der Waals surface area contributed by atoms with Crippen molar-refractivity contribution in [3.8, 4) is 0 Å². The Morgan fingerprint density at radius 1 is 0.935 bits per heavy atom. The number of nitrogens with zero attached hydrogens (tertiary/aromatic N) is 1. The molecule has 31 heavy (non-hydrogen) atoms. The number of aryl methyl sites for hydroxylation is 1. The summed E-state index contributed by atoms with van der Waals surface area (Å²) in [6, 6.07) is 23.3. The van der Waals surface area contributed by atoms with Gasteiger partial charge in [-0.3, -0.25) is 0 Å². The zero-order chi connectivity index (χ0) is 21.4. The van der Waals surface area contributed by atoms with E-state index >= 15 is 0 Å². The SMILES string of the molecule is Cc1ccc(CCN2CCC3(CC2)OC(c2cc(Cl)cc(Cl)c2)c2ccccc23)cc1. The molecule has 0 aliphatic carbocycles. The van der Waals surface area contributed by atoms with Crippen molar-refractivity contribution in [1.82, 2.24) is 4.90 Å². The number of hydrogen-bond donors (Lipinski definition) is 0. The molecule has 0 radical (unpaired) electrons. The Morgan fingerprint density at radius 2 is 1.61 bits per heavy atom. The van der Waals surface area contributed by atoms with Gasteiger partial charge >= 0.3 is 0 Å². The van der Waals surface area contributed by atoms with Crippen molar-refractivity contribution >= 4 is 23.2 Å². The molecule has 0 N–H and O–H groups in total. The van der Waals surface area contributed by atoms with Crippen LogP contribution >= 0.6 is 23.2 Å². The van der Waals surface area contributed by atoms with E-state index in [4.69, 9.17) is 27.9 Å². The van der Waals surface area contributed by atoms with E-state index in [1.807, 2.05) is 12.1 Å². The van der Waals surface area contributed by atoms with E-state index in [9.17, 15) is 0 Å². The first kappa shape index (κ1) is 21.0. The van der Waals surface area contributed by atoms with Crippen LogP contribution in [-0.4, -0.2) is 24.5 Å². The van der Waals surface area contributed by atoms with Gasteiger partial charge in [-0.1, -0.05) is 77.3 Å². The Balaban J connectivity index is 1.32. The second-order valence-corrected chi connectivity index (χ2v) is 9.73. The summed E-state index contributed by atoms with van der Waals surface area (Å²) < 4.78 is 6.84. The molecule has 5 rings (SSSR count). The number of rotatable bonds is 4. The van der Waals surface area contributed by atoms with E-state index in [1.54, 1.807) is 6.07 Å². The fraction of sp³-hybridized carbons (Fsp3) is 0.333. The average Bonchev–Trinajstić information content (AvgIpc) is 3.08. The number of ether oxygens (including phenoxy) is 1. The smallest absolute Gasteiger partial charge is 0.109 e. The number of likely N-dealkylation sites (tertiary alicyclic amines) is 1. The normalized spacial score (nSPS) is 20.2. The number of halogens is 2. The highest BCUT2D eigenvalue weighted by Gasteiger charge is 2.46. The van der Waals surface area contributed by atoms with Gasteiger partial charge in [0.25, 0.3) is 0 Å². The molecule has 2 aliphatic heterocycles. The van der Waals surface area contributed by atoms with Gasteiger partial charge in [-0.05, 0) is 66.6 Å². The summed E-state index contributed by atoms with van der Waals surface area (Å²) in [6.45, 7) is 5.32. The molecule has 1 unspecified atom stereocenters. The van der Waals surface area contributed by atoms with Crippen LogP contribution in [0.4, 0.5) is 0 Å². The topological polar surface area (TPSA) is 12.5 Å². The van der Waals surface area contributed by atoms with Gasteiger partial charge in [0.1, 0.15) is 6.10 Å². The summed E-state index contributed by atoms with van der Waals surface area (Å²) in [6.07, 6.45) is 2.98. The Morgan fingerprint density at radius 3 is 2.32 bits per heavy atom. The first-order valence-corrected chi connectivity index (χ1v) is 11.8. The Labute approximate surface area is 194 Å². The molecule has 3 aromatic rings. The Hall–Kier alpha value is -1.84. The van der Waals surface area contributed by atoms with Gasteiger partial charge in [0.05, 0.1) is 5.60 Å². The third-order valence-electron chi connectivity index (χ3n) is 6.77. The van der Waals surface area contributed by atoms with Gasteiger partial charge in [-0.15, -0.1) is 0 Å². The van der Waals surface area contributed by atoms with Crippen molar-refractivity contribution in [3.05, 3.63) is 105 Å². The lowest BCUT2D eigenvalue weighted by molar-refractivity contribution is -0.0966. The highest BCUT2D eigenvalue weighted by molar-refractivity contribution is 6.34. The summed E-state index contributed by atoms with van der Waals surface area (Å²) in [5.41, 5.74) is 6.10. The zero-order valence-corrected chi connectivity index (χ0v) is 19.3. The second-order valence-electron chi connectivity index (χ2n) is 8.86. The number of benzene rings is 3. The largest absolute Gasteiger partial charge is 0.358 e. The van der Waals surface area contributed by atoms with Gasteiger partial charge in [0.15, 0.2) is 0 Å². The monoisotopic (exact) mass is 451 g/mol. The van der Waals surface area contributed by atoms with Crippen molar-refractivity contribution in [2.75, 3.05) is 19.6 Å². The minimum absolute atomic E-state index is 0.119. The standard InChI is InChI=1S/C27H27Cl2NO/c1-19-6-8-20(9-7-19)10-13-30-14-11-27(12-15-30)25-5-3-2-4-24(25)26(31-27)21-16-22(28)18-23(29)17-21/h2-9,16-18,26H,10-15H2,1H3. The lowest BCUT2D eigenvalue weighted by Gasteiger charge is -2.40. The van der Waals surface area contributed by atoms with Gasteiger partial charge in [0, 0.05) is 29.7 Å². The van der Waals surface area contributed by atoms with Crippen LogP contribution in [0.15, 0.2) is 66.7 Å². The maximum absolute atomic E-state index is 6.84. The summed E-state index contributed by atoms with van der Waals surface area (Å²) in [7, 11) is 0. The maximum atomic E-state index is 6.84. The van der Waals surface area contributed by atoms with Gasteiger partial charge < -0.3 is 9.64 Å². The van der Waals surface area contributed by atoms with Crippen LogP contribution in [0.25, 0.3) is 0 Å². The van der Waals surface area contributed by atoms with E-state index in [-0.39, 0.29) is 11.7 Å². The molecule has 0 bridgehead atoms. The van der Waals surface area contributed by atoms with Crippen LogP contribution in [0.2, 0.25) is 10.0 Å². The van der Waals surface area contributed by atoms with E-state index in [1.165, 1.54) is 22.3 Å². The average molecular weight is 452 g/mol. The highest BCUT2D eigenvalue weighted by Crippen LogP contribution is 2.51. The molecular weight excluding hydrogens is 425 g/mol. The molecule has 160 valence electrons. The van der Waals surface area contributed by atoms with Crippen LogP contribution in [0.1, 0.15) is 46.8 Å². The number of fused-ring (bicyclic) bond motifs is 2. The Bertz CT molecular complexity index is 1050. The molecule has 0 amide bonds. The minimum atomic E-state index is -0.226. The maximum Gasteiger partial charge on any atom is 0.109 e. The molecule has 2 nitrogen and oxygen atoms in total. The van der Waals surface area contributed by atoms with Crippen LogP contribution in [-0.2, 0) is 16.8 Å². The molecule has 1 spiro atoms. The van der Waals surface area contributed by atoms with E-state index in [0.29, 0.717) is 10.0 Å². The van der Waals surface area contributed by atoms with Crippen LogP contribution in [0.5, 0.6) is 0 Å². The summed E-state index contributed by atoms with van der Waals surface area (Å²) in [5.74, 6) is 0. The lowest BCUT2D eigenvalue weighted by Crippen LogP contribution is -2.43. The van der Waals surface area contributed by atoms with Crippen LogP contribution < -0.4 is 0 Å². The van der Waals surface area contributed by atoms with Gasteiger partial charge in [-0.2, -0.15) is 0 Å². The predicted octanol–water partition coefficient (Wildman–Crippen LogP) is 6.96. The fourth-order valence-electron chi connectivity index (χ4n) is 5.03. The summed E-state index contributed by atoms with van der Waals surface area (Å²) in [4.78, 5) is 2.57. The molecule has 2 heterocycles. The molecule has 0 aromatic heterocycles. The van der Waals surface area contributed by atoms with E-state index < -0.39 is 0 Å². The molecule has 3 aromatic carbocycles. The minimum Gasteiger partial charge on any atom is -0.358 e. The first-order chi connectivity index (χ1) is 15.0. The second kappa shape index (κ2) is 8.60. The predicted molar refractivity (Wildman–Crippen MR) is 128 cm³/mol. The van der Waals surface area contributed by atoms with Gasteiger partial charge in [0.2, 0.25) is 0 Å². The summed E-state index contributed by atoms with van der Waals surface area (Å²) in [5, 5.41) is 1.30.